The zero-order valence-corrected chi connectivity index (χ0v) is 14.2. The molecule has 2 heteroatoms. The largest absolute Gasteiger partial charge is 0.300 e. The first-order valence-electron chi connectivity index (χ1n) is 8.98. The minimum absolute atomic E-state index is 0.486. The van der Waals surface area contributed by atoms with E-state index in [1.54, 1.807) is 0 Å². The molecule has 0 aliphatic heterocycles. The third-order valence-corrected chi connectivity index (χ3v) is 6.09. The van der Waals surface area contributed by atoms with Crippen LogP contribution in [0, 0.1) is 11.8 Å². The number of carbonyl (C=O) groups excluding carboxylic acids is 1. The molecule has 2 fully saturated rings. The summed E-state index contributed by atoms with van der Waals surface area (Å²) in [7, 11) is 0. The molecule has 0 unspecified atom stereocenters. The number of halogens is 1. The Morgan fingerprint density at radius 1 is 0.818 bits per heavy atom. The molecule has 0 aromatic heterocycles. The maximum Gasteiger partial charge on any atom is 0.132 e. The second-order valence-electron chi connectivity index (χ2n) is 7.33. The molecule has 0 spiro atoms. The van der Waals surface area contributed by atoms with Crippen LogP contribution in [0.3, 0.4) is 0 Å². The van der Waals surface area contributed by atoms with Gasteiger partial charge in [-0.3, -0.25) is 4.79 Å². The lowest BCUT2D eigenvalue weighted by atomic mass is 9.75. The topological polar surface area (TPSA) is 17.1 Å². The second-order valence-corrected chi connectivity index (χ2v) is 7.77. The Morgan fingerprint density at radius 3 is 1.95 bits per heavy atom. The van der Waals surface area contributed by atoms with Crippen LogP contribution in [0.1, 0.15) is 75.7 Å². The number of rotatable bonds is 4. The van der Waals surface area contributed by atoms with Crippen LogP contribution in [0.25, 0.3) is 0 Å². The van der Waals surface area contributed by atoms with E-state index in [1.807, 2.05) is 12.1 Å². The molecular formula is C20H27ClO. The van der Waals surface area contributed by atoms with E-state index in [1.165, 1.54) is 44.1 Å². The van der Waals surface area contributed by atoms with E-state index in [-0.39, 0.29) is 0 Å². The number of hydrogen-bond donors (Lipinski definition) is 0. The van der Waals surface area contributed by atoms with Crippen LogP contribution >= 0.6 is 11.6 Å². The highest BCUT2D eigenvalue weighted by molar-refractivity contribution is 6.30. The molecule has 3 rings (SSSR count). The number of ketones is 1. The fourth-order valence-electron chi connectivity index (χ4n) is 4.28. The SMILES string of the molecule is O=C1CCC(CC[C@H]2CC[C@H](c3ccc(Cl)cc3)CC2)CC1. The zero-order chi connectivity index (χ0) is 15.4. The third-order valence-electron chi connectivity index (χ3n) is 5.83. The third kappa shape index (κ3) is 4.35. The Morgan fingerprint density at radius 2 is 1.36 bits per heavy atom. The summed E-state index contributed by atoms with van der Waals surface area (Å²) >= 11 is 5.98. The molecule has 1 aromatic carbocycles. The molecule has 0 atom stereocenters. The molecule has 0 radical (unpaired) electrons. The van der Waals surface area contributed by atoms with Crippen LogP contribution in [0.2, 0.25) is 5.02 Å². The molecule has 0 heterocycles. The van der Waals surface area contributed by atoms with Crippen LogP contribution in [0.5, 0.6) is 0 Å². The van der Waals surface area contributed by atoms with Gasteiger partial charge in [0.15, 0.2) is 0 Å². The molecule has 0 saturated heterocycles. The zero-order valence-electron chi connectivity index (χ0n) is 13.4. The maximum absolute atomic E-state index is 11.3. The fraction of sp³-hybridized carbons (Fsp3) is 0.650. The minimum atomic E-state index is 0.486. The Hall–Kier alpha value is -0.820. The smallest absolute Gasteiger partial charge is 0.132 e. The van der Waals surface area contributed by atoms with Crippen molar-refractivity contribution in [1.29, 1.82) is 0 Å². The van der Waals surface area contributed by atoms with E-state index < -0.39 is 0 Å². The highest BCUT2D eigenvalue weighted by atomic mass is 35.5. The van der Waals surface area contributed by atoms with Crippen molar-refractivity contribution in [2.24, 2.45) is 11.8 Å². The Bertz CT molecular complexity index is 475. The quantitative estimate of drug-likeness (QED) is 0.650. The summed E-state index contributed by atoms with van der Waals surface area (Å²) in [6, 6.07) is 8.44. The molecule has 2 aliphatic rings. The predicted octanol–water partition coefficient (Wildman–Crippen LogP) is 6.15. The second kappa shape index (κ2) is 7.64. The van der Waals surface area contributed by atoms with Gasteiger partial charge in [0, 0.05) is 17.9 Å². The van der Waals surface area contributed by atoms with E-state index in [4.69, 9.17) is 11.6 Å². The van der Waals surface area contributed by atoms with Gasteiger partial charge in [-0.2, -0.15) is 0 Å². The summed E-state index contributed by atoms with van der Waals surface area (Å²) in [6.07, 6.45) is 12.1. The molecule has 1 aromatic rings. The fourth-order valence-corrected chi connectivity index (χ4v) is 4.41. The molecule has 0 N–H and O–H groups in total. The highest BCUT2D eigenvalue weighted by Crippen LogP contribution is 2.39. The van der Waals surface area contributed by atoms with E-state index in [0.717, 1.165) is 48.5 Å². The monoisotopic (exact) mass is 318 g/mol. The molecule has 0 amide bonds. The summed E-state index contributed by atoms with van der Waals surface area (Å²) in [5, 5.41) is 0.836. The van der Waals surface area contributed by atoms with Gasteiger partial charge in [0.05, 0.1) is 0 Å². The number of benzene rings is 1. The van der Waals surface area contributed by atoms with E-state index in [0.29, 0.717) is 5.78 Å². The number of Topliss-reactive ketones (excluding diaryl/α,β-unsaturated/α-hetero) is 1. The van der Waals surface area contributed by atoms with Crippen molar-refractivity contribution in [2.45, 2.75) is 70.1 Å². The lowest BCUT2D eigenvalue weighted by Gasteiger charge is -2.30. The van der Waals surface area contributed by atoms with Crippen LogP contribution in [0.4, 0.5) is 0 Å². The first-order chi connectivity index (χ1) is 10.7. The van der Waals surface area contributed by atoms with Gasteiger partial charge in [-0.15, -0.1) is 0 Å². The normalized spacial score (nSPS) is 27.0. The van der Waals surface area contributed by atoms with Crippen molar-refractivity contribution in [3.05, 3.63) is 34.9 Å². The van der Waals surface area contributed by atoms with Crippen molar-refractivity contribution in [3.63, 3.8) is 0 Å². The van der Waals surface area contributed by atoms with Gasteiger partial charge in [-0.05, 0) is 74.0 Å². The summed E-state index contributed by atoms with van der Waals surface area (Å²) < 4.78 is 0. The predicted molar refractivity (Wildman–Crippen MR) is 92.4 cm³/mol. The van der Waals surface area contributed by atoms with Crippen molar-refractivity contribution in [1.82, 2.24) is 0 Å². The van der Waals surface area contributed by atoms with Crippen molar-refractivity contribution < 1.29 is 4.79 Å². The van der Waals surface area contributed by atoms with Gasteiger partial charge in [0.2, 0.25) is 0 Å². The maximum atomic E-state index is 11.3. The molecule has 2 saturated carbocycles. The number of carbonyl (C=O) groups is 1. The molecule has 22 heavy (non-hydrogen) atoms. The van der Waals surface area contributed by atoms with Gasteiger partial charge >= 0.3 is 0 Å². The molecular weight excluding hydrogens is 292 g/mol. The van der Waals surface area contributed by atoms with Crippen LogP contribution < -0.4 is 0 Å². The van der Waals surface area contributed by atoms with Gasteiger partial charge < -0.3 is 0 Å². The Labute approximate surface area is 139 Å². The standard InChI is InChI=1S/C20H27ClO/c21-19-11-9-18(10-12-19)17-7-3-15(4-8-17)1-2-16-5-13-20(22)14-6-16/h9-12,15-17H,1-8,13-14H2/t15-,17-. The summed E-state index contributed by atoms with van der Waals surface area (Å²) in [4.78, 5) is 11.3. The van der Waals surface area contributed by atoms with Crippen LogP contribution in [-0.4, -0.2) is 5.78 Å². The molecule has 120 valence electrons. The van der Waals surface area contributed by atoms with Crippen molar-refractivity contribution >= 4 is 17.4 Å². The highest BCUT2D eigenvalue weighted by Gasteiger charge is 2.24. The first-order valence-corrected chi connectivity index (χ1v) is 9.35. The van der Waals surface area contributed by atoms with Gasteiger partial charge in [0.25, 0.3) is 0 Å². The van der Waals surface area contributed by atoms with E-state index in [9.17, 15) is 4.79 Å². The lowest BCUT2D eigenvalue weighted by Crippen LogP contribution is -2.17. The van der Waals surface area contributed by atoms with Gasteiger partial charge in [-0.1, -0.05) is 36.6 Å². The van der Waals surface area contributed by atoms with Crippen molar-refractivity contribution in [2.75, 3.05) is 0 Å². The Kier molecular flexibility index (Phi) is 5.57. The summed E-state index contributed by atoms with van der Waals surface area (Å²) in [5.41, 5.74) is 1.47. The average Bonchev–Trinajstić information content (AvgIpc) is 2.56. The Balaban J connectivity index is 1.40. The summed E-state index contributed by atoms with van der Waals surface area (Å²) in [5.74, 6) is 2.97. The number of hydrogen-bond acceptors (Lipinski definition) is 1. The van der Waals surface area contributed by atoms with Gasteiger partial charge in [0.1, 0.15) is 5.78 Å². The first kappa shape index (κ1) is 16.1. The lowest BCUT2D eigenvalue weighted by molar-refractivity contribution is -0.121. The van der Waals surface area contributed by atoms with E-state index >= 15 is 0 Å². The van der Waals surface area contributed by atoms with Crippen molar-refractivity contribution in [3.8, 4) is 0 Å². The average molecular weight is 319 g/mol. The molecule has 0 bridgehead atoms. The van der Waals surface area contributed by atoms with Crippen LogP contribution in [-0.2, 0) is 4.79 Å². The van der Waals surface area contributed by atoms with Crippen LogP contribution in [0.15, 0.2) is 24.3 Å². The van der Waals surface area contributed by atoms with Gasteiger partial charge in [-0.25, -0.2) is 0 Å². The molecule has 2 aliphatic carbocycles. The minimum Gasteiger partial charge on any atom is -0.300 e. The summed E-state index contributed by atoms with van der Waals surface area (Å²) in [6.45, 7) is 0. The van der Waals surface area contributed by atoms with E-state index in [2.05, 4.69) is 12.1 Å². The molecule has 1 nitrogen and oxygen atoms in total.